The second-order valence-corrected chi connectivity index (χ2v) is 7.49. The Morgan fingerprint density at radius 2 is 2.04 bits per heavy atom. The molecule has 1 spiro atoms. The van der Waals surface area contributed by atoms with Crippen molar-refractivity contribution in [1.82, 2.24) is 15.8 Å². The number of carbonyl (C=O) groups is 1. The van der Waals surface area contributed by atoms with Crippen LogP contribution in [-0.4, -0.2) is 36.0 Å². The van der Waals surface area contributed by atoms with Gasteiger partial charge in [-0.2, -0.15) is 5.26 Å². The third-order valence-electron chi connectivity index (χ3n) is 5.88. The van der Waals surface area contributed by atoms with Crippen LogP contribution in [0, 0.1) is 16.9 Å². The van der Waals surface area contributed by atoms with Crippen molar-refractivity contribution in [3.63, 3.8) is 0 Å². The third kappa shape index (κ3) is 2.27. The number of hydrogen-bond donors (Lipinski definition) is 3. The van der Waals surface area contributed by atoms with Crippen LogP contribution >= 0.6 is 0 Å². The molecule has 2 fully saturated rings. The first-order valence-corrected chi connectivity index (χ1v) is 8.62. The summed E-state index contributed by atoms with van der Waals surface area (Å²) in [5.74, 6) is 0.467. The molecule has 24 heavy (non-hydrogen) atoms. The number of likely N-dealkylation sites (tertiary alicyclic amines) is 1. The monoisotopic (exact) mass is 325 g/mol. The number of anilines is 1. The highest BCUT2D eigenvalue weighted by Crippen LogP contribution is 2.42. The van der Waals surface area contributed by atoms with Crippen LogP contribution in [0.5, 0.6) is 0 Å². The second kappa shape index (κ2) is 5.47. The summed E-state index contributed by atoms with van der Waals surface area (Å²) in [5.41, 5.74) is 9.57. The zero-order chi connectivity index (χ0) is 16.9. The SMILES string of the molecule is CC1NNC(C)C1c1ccc2c(c1)CC1(CCN(C#N)C1)C(=O)N2. The minimum Gasteiger partial charge on any atom is -0.325 e. The number of rotatable bonds is 1. The van der Waals surface area contributed by atoms with Gasteiger partial charge in [0.2, 0.25) is 5.91 Å². The standard InChI is InChI=1S/C18H23N5O/c1-11-16(12(2)22-21-11)13-3-4-15-14(7-13)8-18(17(24)20-15)5-6-23(9-18)10-19/h3-4,7,11-12,16,21-22H,5-6,8-9H2,1-2H3,(H,20,24). The van der Waals surface area contributed by atoms with Crippen molar-refractivity contribution >= 4 is 11.6 Å². The summed E-state index contributed by atoms with van der Waals surface area (Å²) in [6.45, 7) is 5.57. The van der Waals surface area contributed by atoms with Crippen LogP contribution in [0.3, 0.4) is 0 Å². The number of nitriles is 1. The van der Waals surface area contributed by atoms with E-state index in [2.05, 4.69) is 48.3 Å². The molecule has 1 aromatic rings. The molecule has 4 rings (SSSR count). The average molecular weight is 325 g/mol. The Bertz CT molecular complexity index is 717. The van der Waals surface area contributed by atoms with E-state index in [0.29, 0.717) is 31.1 Å². The number of carbonyl (C=O) groups excluding carboxylic acids is 1. The summed E-state index contributed by atoms with van der Waals surface area (Å²) in [7, 11) is 0. The Kier molecular flexibility index (Phi) is 3.52. The topological polar surface area (TPSA) is 80.2 Å². The molecule has 1 aromatic carbocycles. The molecule has 126 valence electrons. The fourth-order valence-electron chi connectivity index (χ4n) is 4.53. The summed E-state index contributed by atoms with van der Waals surface area (Å²) in [4.78, 5) is 14.3. The maximum atomic E-state index is 12.6. The lowest BCUT2D eigenvalue weighted by Crippen LogP contribution is -2.43. The Morgan fingerprint density at radius 1 is 1.29 bits per heavy atom. The van der Waals surface area contributed by atoms with E-state index in [-0.39, 0.29) is 5.91 Å². The van der Waals surface area contributed by atoms with Crippen molar-refractivity contribution < 1.29 is 4.79 Å². The lowest BCUT2D eigenvalue weighted by Gasteiger charge is -2.34. The van der Waals surface area contributed by atoms with Crippen LogP contribution in [-0.2, 0) is 11.2 Å². The number of benzene rings is 1. The summed E-state index contributed by atoms with van der Waals surface area (Å²) < 4.78 is 0. The normalized spacial score (nSPS) is 35.0. The van der Waals surface area contributed by atoms with Gasteiger partial charge in [0.05, 0.1) is 5.41 Å². The molecule has 6 nitrogen and oxygen atoms in total. The van der Waals surface area contributed by atoms with E-state index in [9.17, 15) is 4.79 Å². The molecule has 0 radical (unpaired) electrons. The Labute approximate surface area is 142 Å². The molecular formula is C18H23N5O. The van der Waals surface area contributed by atoms with Gasteiger partial charge in [0.25, 0.3) is 0 Å². The van der Waals surface area contributed by atoms with E-state index < -0.39 is 5.41 Å². The van der Waals surface area contributed by atoms with Gasteiger partial charge in [0.15, 0.2) is 6.19 Å². The van der Waals surface area contributed by atoms with Gasteiger partial charge in [-0.25, -0.2) is 0 Å². The largest absolute Gasteiger partial charge is 0.325 e. The first kappa shape index (κ1) is 15.4. The molecule has 2 saturated heterocycles. The highest BCUT2D eigenvalue weighted by molar-refractivity contribution is 5.99. The molecule has 3 N–H and O–H groups in total. The molecule has 0 aliphatic carbocycles. The minimum atomic E-state index is -0.454. The Hall–Kier alpha value is -2.10. The van der Waals surface area contributed by atoms with E-state index >= 15 is 0 Å². The third-order valence-corrected chi connectivity index (χ3v) is 5.88. The van der Waals surface area contributed by atoms with E-state index in [1.807, 2.05) is 6.07 Å². The fourth-order valence-corrected chi connectivity index (χ4v) is 4.53. The molecule has 3 aliphatic rings. The van der Waals surface area contributed by atoms with Gasteiger partial charge in [-0.1, -0.05) is 12.1 Å². The maximum absolute atomic E-state index is 12.6. The Balaban J connectivity index is 1.66. The lowest BCUT2D eigenvalue weighted by atomic mass is 9.76. The zero-order valence-corrected chi connectivity index (χ0v) is 14.1. The fraction of sp³-hybridized carbons (Fsp3) is 0.556. The molecule has 0 saturated carbocycles. The van der Waals surface area contributed by atoms with E-state index in [1.54, 1.807) is 4.90 Å². The number of nitrogens with one attached hydrogen (secondary N) is 3. The predicted molar refractivity (Wildman–Crippen MR) is 90.9 cm³/mol. The lowest BCUT2D eigenvalue weighted by molar-refractivity contribution is -0.125. The van der Waals surface area contributed by atoms with Crippen LogP contribution < -0.4 is 16.2 Å². The van der Waals surface area contributed by atoms with Gasteiger partial charge in [-0.05, 0) is 43.9 Å². The molecule has 3 heterocycles. The van der Waals surface area contributed by atoms with E-state index in [1.165, 1.54) is 11.1 Å². The molecule has 0 bridgehead atoms. The van der Waals surface area contributed by atoms with Crippen molar-refractivity contribution in [1.29, 1.82) is 5.26 Å². The smallest absolute Gasteiger partial charge is 0.232 e. The van der Waals surface area contributed by atoms with Gasteiger partial charge in [0.1, 0.15) is 0 Å². The quantitative estimate of drug-likeness (QED) is 0.679. The highest BCUT2D eigenvalue weighted by Gasteiger charge is 2.47. The number of amides is 1. The van der Waals surface area contributed by atoms with Crippen LogP contribution in [0.1, 0.15) is 37.3 Å². The Morgan fingerprint density at radius 3 is 2.71 bits per heavy atom. The summed E-state index contributed by atoms with van der Waals surface area (Å²) in [6.07, 6.45) is 3.65. The van der Waals surface area contributed by atoms with Gasteiger partial charge in [-0.15, -0.1) is 0 Å². The van der Waals surface area contributed by atoms with Gasteiger partial charge in [0, 0.05) is 36.8 Å². The highest BCUT2D eigenvalue weighted by atomic mass is 16.2. The molecule has 3 aliphatic heterocycles. The van der Waals surface area contributed by atoms with Crippen molar-refractivity contribution in [2.45, 2.75) is 44.7 Å². The van der Waals surface area contributed by atoms with Crippen molar-refractivity contribution in [2.24, 2.45) is 5.41 Å². The molecule has 0 aromatic heterocycles. The zero-order valence-electron chi connectivity index (χ0n) is 14.1. The first-order chi connectivity index (χ1) is 11.5. The number of hydrazine groups is 1. The second-order valence-electron chi connectivity index (χ2n) is 7.49. The van der Waals surface area contributed by atoms with Crippen molar-refractivity contribution in [3.05, 3.63) is 29.3 Å². The number of hydrogen-bond acceptors (Lipinski definition) is 5. The first-order valence-electron chi connectivity index (χ1n) is 8.62. The predicted octanol–water partition coefficient (Wildman–Crippen LogP) is 1.32. The van der Waals surface area contributed by atoms with Crippen LogP contribution in [0.15, 0.2) is 18.2 Å². The molecular weight excluding hydrogens is 302 g/mol. The summed E-state index contributed by atoms with van der Waals surface area (Å²) >= 11 is 0. The average Bonchev–Trinajstić information content (AvgIpc) is 3.13. The van der Waals surface area contributed by atoms with Crippen LogP contribution in [0.25, 0.3) is 0 Å². The van der Waals surface area contributed by atoms with Gasteiger partial charge >= 0.3 is 0 Å². The minimum absolute atomic E-state index is 0.0615. The molecule has 6 heteroatoms. The molecule has 3 atom stereocenters. The van der Waals surface area contributed by atoms with Crippen LogP contribution in [0.4, 0.5) is 5.69 Å². The van der Waals surface area contributed by atoms with Crippen LogP contribution in [0.2, 0.25) is 0 Å². The van der Waals surface area contributed by atoms with E-state index in [0.717, 1.165) is 18.5 Å². The van der Waals surface area contributed by atoms with Crippen molar-refractivity contribution in [3.8, 4) is 6.19 Å². The summed E-state index contributed by atoms with van der Waals surface area (Å²) in [5, 5.41) is 12.2. The van der Waals surface area contributed by atoms with E-state index in [4.69, 9.17) is 5.26 Å². The number of fused-ring (bicyclic) bond motifs is 1. The van der Waals surface area contributed by atoms with Crippen molar-refractivity contribution in [2.75, 3.05) is 18.4 Å². The maximum Gasteiger partial charge on any atom is 0.232 e. The van der Waals surface area contributed by atoms with Gasteiger partial charge < -0.3 is 10.2 Å². The van der Waals surface area contributed by atoms with Gasteiger partial charge in [-0.3, -0.25) is 15.6 Å². The molecule has 3 unspecified atom stereocenters. The summed E-state index contributed by atoms with van der Waals surface area (Å²) in [6, 6.07) is 7.14. The number of nitrogens with zero attached hydrogens (tertiary/aromatic N) is 2. The molecule has 1 amide bonds.